The molecule has 1 saturated heterocycles. The molecule has 0 saturated carbocycles. The number of ether oxygens (including phenoxy) is 1. The van der Waals surface area contributed by atoms with Crippen molar-refractivity contribution in [3.63, 3.8) is 0 Å². The van der Waals surface area contributed by atoms with Crippen LogP contribution in [-0.2, 0) is 17.8 Å². The zero-order valence-corrected chi connectivity index (χ0v) is 16.6. The third kappa shape index (κ3) is 4.91. The lowest BCUT2D eigenvalue weighted by Crippen LogP contribution is -2.37. The quantitative estimate of drug-likeness (QED) is 0.867. The fourth-order valence-corrected chi connectivity index (χ4v) is 4.00. The highest BCUT2D eigenvalue weighted by Gasteiger charge is 2.19. The summed E-state index contributed by atoms with van der Waals surface area (Å²) in [6, 6.07) is 16.2. The normalized spacial score (nSPS) is 18.5. The summed E-state index contributed by atoms with van der Waals surface area (Å²) in [6.45, 7) is 4.35. The number of hydrogen-bond donors (Lipinski definition) is 1. The number of piperidine rings is 1. The second kappa shape index (κ2) is 8.76. The van der Waals surface area contributed by atoms with Crippen molar-refractivity contribution in [3.05, 3.63) is 59.7 Å². The van der Waals surface area contributed by atoms with Gasteiger partial charge >= 0.3 is 0 Å². The second-order valence-electron chi connectivity index (χ2n) is 7.92. The van der Waals surface area contributed by atoms with Crippen molar-refractivity contribution in [2.24, 2.45) is 0 Å². The van der Waals surface area contributed by atoms with E-state index in [0.717, 1.165) is 56.9 Å². The zero-order chi connectivity index (χ0) is 19.3. The van der Waals surface area contributed by atoms with Crippen LogP contribution in [0.25, 0.3) is 0 Å². The Morgan fingerprint density at radius 3 is 2.50 bits per heavy atom. The Labute approximate surface area is 167 Å². The molecule has 148 valence electrons. The highest BCUT2D eigenvalue weighted by molar-refractivity contribution is 5.92. The number of nitrogens with zero attached hydrogens (tertiary/aromatic N) is 2. The first-order valence-electron chi connectivity index (χ1n) is 10.2. The first kappa shape index (κ1) is 19.0. The number of nitrogens with one attached hydrogen (secondary N) is 1. The largest absolute Gasteiger partial charge is 0.490 e. The third-order valence-electron chi connectivity index (χ3n) is 5.68. The first-order chi connectivity index (χ1) is 13.7. The minimum atomic E-state index is 0.0309. The molecule has 2 aromatic carbocycles. The minimum absolute atomic E-state index is 0.0309. The van der Waals surface area contributed by atoms with E-state index in [1.54, 1.807) is 0 Å². The number of carbonyl (C=O) groups is 1. The molecule has 0 atom stereocenters. The summed E-state index contributed by atoms with van der Waals surface area (Å²) in [5, 5.41) is 3.01. The Hall–Kier alpha value is -2.37. The Morgan fingerprint density at radius 2 is 1.75 bits per heavy atom. The maximum atomic E-state index is 12.4. The number of rotatable bonds is 5. The van der Waals surface area contributed by atoms with Crippen molar-refractivity contribution < 1.29 is 9.53 Å². The standard InChI is InChI=1S/C23H29N3O2/c1-25-13-11-22(12-14-25)28-21-8-6-20(7-9-21)24-23(27)17-26-15-10-18-4-2-3-5-19(18)16-26/h2-9,22H,10-17H2,1H3,(H,24,27). The Bertz CT molecular complexity index is 798. The van der Waals surface area contributed by atoms with Gasteiger partial charge in [0.1, 0.15) is 11.9 Å². The van der Waals surface area contributed by atoms with Crippen molar-refractivity contribution in [2.45, 2.75) is 31.9 Å². The number of fused-ring (bicyclic) bond motifs is 1. The van der Waals surface area contributed by atoms with Crippen molar-refractivity contribution in [2.75, 3.05) is 38.5 Å². The molecule has 1 amide bonds. The molecule has 0 aromatic heterocycles. The van der Waals surface area contributed by atoms with Crippen LogP contribution in [0.4, 0.5) is 5.69 Å². The average molecular weight is 380 g/mol. The van der Waals surface area contributed by atoms with Gasteiger partial charge in [-0.05, 0) is 61.7 Å². The molecular formula is C23H29N3O2. The van der Waals surface area contributed by atoms with Gasteiger partial charge in [0.2, 0.25) is 5.91 Å². The highest BCUT2D eigenvalue weighted by Crippen LogP contribution is 2.21. The second-order valence-corrected chi connectivity index (χ2v) is 7.92. The van der Waals surface area contributed by atoms with Crippen LogP contribution >= 0.6 is 0 Å². The summed E-state index contributed by atoms with van der Waals surface area (Å²) in [7, 11) is 2.15. The maximum Gasteiger partial charge on any atom is 0.238 e. The fourth-order valence-electron chi connectivity index (χ4n) is 4.00. The monoisotopic (exact) mass is 379 g/mol. The van der Waals surface area contributed by atoms with Crippen LogP contribution in [0.1, 0.15) is 24.0 Å². The number of carbonyl (C=O) groups excluding carboxylic acids is 1. The van der Waals surface area contributed by atoms with E-state index in [9.17, 15) is 4.79 Å². The van der Waals surface area contributed by atoms with Crippen LogP contribution < -0.4 is 10.1 Å². The van der Waals surface area contributed by atoms with Gasteiger partial charge < -0.3 is 15.0 Å². The first-order valence-corrected chi connectivity index (χ1v) is 10.2. The van der Waals surface area contributed by atoms with Gasteiger partial charge in [0.25, 0.3) is 0 Å². The molecule has 2 aliphatic rings. The summed E-state index contributed by atoms with van der Waals surface area (Å²) in [5.74, 6) is 0.906. The molecule has 28 heavy (non-hydrogen) atoms. The van der Waals surface area contributed by atoms with Crippen molar-refractivity contribution in [1.29, 1.82) is 0 Å². The van der Waals surface area contributed by atoms with E-state index in [4.69, 9.17) is 4.74 Å². The van der Waals surface area contributed by atoms with Crippen LogP contribution in [-0.4, -0.2) is 55.0 Å². The Balaban J connectivity index is 1.26. The van der Waals surface area contributed by atoms with E-state index in [1.165, 1.54) is 11.1 Å². The summed E-state index contributed by atoms with van der Waals surface area (Å²) in [5.41, 5.74) is 3.55. The van der Waals surface area contributed by atoms with Crippen LogP contribution in [0.15, 0.2) is 48.5 Å². The molecule has 0 aliphatic carbocycles. The molecule has 0 bridgehead atoms. The smallest absolute Gasteiger partial charge is 0.238 e. The van der Waals surface area contributed by atoms with Gasteiger partial charge in [-0.15, -0.1) is 0 Å². The van der Waals surface area contributed by atoms with E-state index in [-0.39, 0.29) is 5.91 Å². The van der Waals surface area contributed by atoms with Gasteiger partial charge in [0.15, 0.2) is 0 Å². The SMILES string of the molecule is CN1CCC(Oc2ccc(NC(=O)CN3CCc4ccccc4C3)cc2)CC1. The zero-order valence-electron chi connectivity index (χ0n) is 16.6. The van der Waals surface area contributed by atoms with Crippen LogP contribution in [0.2, 0.25) is 0 Å². The summed E-state index contributed by atoms with van der Waals surface area (Å²) < 4.78 is 6.07. The number of hydrogen-bond acceptors (Lipinski definition) is 4. The molecule has 2 heterocycles. The van der Waals surface area contributed by atoms with Crippen LogP contribution in [0.5, 0.6) is 5.75 Å². The number of amides is 1. The summed E-state index contributed by atoms with van der Waals surface area (Å²) in [6.07, 6.45) is 3.42. The number of benzene rings is 2. The minimum Gasteiger partial charge on any atom is -0.490 e. The van der Waals surface area contributed by atoms with Crippen molar-refractivity contribution in [1.82, 2.24) is 9.80 Å². The molecule has 0 spiro atoms. The number of anilines is 1. The van der Waals surface area contributed by atoms with Gasteiger partial charge in [0.05, 0.1) is 6.54 Å². The van der Waals surface area contributed by atoms with Gasteiger partial charge in [0, 0.05) is 31.9 Å². The van der Waals surface area contributed by atoms with Gasteiger partial charge in [-0.2, -0.15) is 0 Å². The van der Waals surface area contributed by atoms with Crippen LogP contribution in [0.3, 0.4) is 0 Å². The molecule has 2 aromatic rings. The third-order valence-corrected chi connectivity index (χ3v) is 5.68. The molecule has 0 radical (unpaired) electrons. The number of likely N-dealkylation sites (tertiary alicyclic amines) is 1. The van der Waals surface area contributed by atoms with E-state index < -0.39 is 0 Å². The molecule has 5 nitrogen and oxygen atoms in total. The summed E-state index contributed by atoms with van der Waals surface area (Å²) in [4.78, 5) is 17.0. The Morgan fingerprint density at radius 1 is 1.04 bits per heavy atom. The van der Waals surface area contributed by atoms with Crippen molar-refractivity contribution >= 4 is 11.6 Å². The molecular weight excluding hydrogens is 350 g/mol. The van der Waals surface area contributed by atoms with E-state index in [0.29, 0.717) is 12.6 Å². The molecule has 1 fully saturated rings. The predicted octanol–water partition coefficient (Wildman–Crippen LogP) is 3.16. The molecule has 0 unspecified atom stereocenters. The van der Waals surface area contributed by atoms with E-state index in [2.05, 4.69) is 46.4 Å². The van der Waals surface area contributed by atoms with Gasteiger partial charge in [-0.25, -0.2) is 0 Å². The average Bonchev–Trinajstić information content (AvgIpc) is 2.71. The Kier molecular flexibility index (Phi) is 5.93. The van der Waals surface area contributed by atoms with Gasteiger partial charge in [-0.3, -0.25) is 9.69 Å². The van der Waals surface area contributed by atoms with E-state index >= 15 is 0 Å². The van der Waals surface area contributed by atoms with Crippen molar-refractivity contribution in [3.8, 4) is 5.75 Å². The molecule has 5 heteroatoms. The predicted molar refractivity (Wildman–Crippen MR) is 112 cm³/mol. The maximum absolute atomic E-state index is 12.4. The molecule has 1 N–H and O–H groups in total. The lowest BCUT2D eigenvalue weighted by Gasteiger charge is -2.29. The molecule has 2 aliphatic heterocycles. The van der Waals surface area contributed by atoms with E-state index in [1.807, 2.05) is 24.3 Å². The lowest BCUT2D eigenvalue weighted by atomic mass is 10.00. The molecule has 4 rings (SSSR count). The summed E-state index contributed by atoms with van der Waals surface area (Å²) >= 11 is 0. The topological polar surface area (TPSA) is 44.8 Å². The van der Waals surface area contributed by atoms with Crippen LogP contribution in [0, 0.1) is 0 Å². The highest BCUT2D eigenvalue weighted by atomic mass is 16.5. The van der Waals surface area contributed by atoms with Gasteiger partial charge in [-0.1, -0.05) is 24.3 Å². The lowest BCUT2D eigenvalue weighted by molar-refractivity contribution is -0.117. The fraction of sp³-hybridized carbons (Fsp3) is 0.435.